The van der Waals surface area contributed by atoms with Gasteiger partial charge in [-0.25, -0.2) is 4.79 Å². The number of rotatable bonds is 6. The largest absolute Gasteiger partial charge is 0.480 e. The SMILES string of the molecule is CC[C@H](C)[C@H](NC(=O)/C=C/c1ccc(C)o1)C(=O)O. The van der Waals surface area contributed by atoms with Crippen LogP contribution in [0.3, 0.4) is 0 Å². The number of nitrogens with one attached hydrogen (secondary N) is 1. The van der Waals surface area contributed by atoms with E-state index in [1.807, 2.05) is 6.92 Å². The van der Waals surface area contributed by atoms with Crippen LogP contribution in [0.25, 0.3) is 6.08 Å². The highest BCUT2D eigenvalue weighted by Gasteiger charge is 2.24. The number of amides is 1. The lowest BCUT2D eigenvalue weighted by molar-refractivity contribution is -0.142. The van der Waals surface area contributed by atoms with Gasteiger partial charge in [0.25, 0.3) is 0 Å². The Kier molecular flexibility index (Phi) is 5.36. The molecule has 1 rings (SSSR count). The third-order valence-corrected chi connectivity index (χ3v) is 2.94. The third kappa shape index (κ3) is 4.62. The van der Waals surface area contributed by atoms with E-state index in [1.54, 1.807) is 26.0 Å². The molecule has 1 aromatic heterocycles. The van der Waals surface area contributed by atoms with E-state index in [0.29, 0.717) is 12.2 Å². The molecule has 5 heteroatoms. The van der Waals surface area contributed by atoms with Crippen LogP contribution in [0, 0.1) is 12.8 Å². The summed E-state index contributed by atoms with van der Waals surface area (Å²) in [5, 5.41) is 11.5. The maximum absolute atomic E-state index is 11.7. The summed E-state index contributed by atoms with van der Waals surface area (Å²) in [6.07, 6.45) is 3.47. The minimum Gasteiger partial charge on any atom is -0.480 e. The van der Waals surface area contributed by atoms with E-state index in [1.165, 1.54) is 12.2 Å². The Bertz CT molecular complexity index is 476. The van der Waals surface area contributed by atoms with Crippen molar-refractivity contribution in [2.75, 3.05) is 0 Å². The Morgan fingerprint density at radius 2 is 2.16 bits per heavy atom. The molecule has 0 aromatic carbocycles. The topological polar surface area (TPSA) is 79.5 Å². The summed E-state index contributed by atoms with van der Waals surface area (Å²) in [5.74, 6) is -0.279. The van der Waals surface area contributed by atoms with Crippen molar-refractivity contribution in [2.45, 2.75) is 33.2 Å². The zero-order valence-corrected chi connectivity index (χ0v) is 11.3. The van der Waals surface area contributed by atoms with Gasteiger partial charge in [-0.05, 0) is 31.1 Å². The number of aryl methyl sites for hydroxylation is 1. The van der Waals surface area contributed by atoms with E-state index in [-0.39, 0.29) is 5.92 Å². The molecule has 104 valence electrons. The molecule has 0 radical (unpaired) electrons. The average Bonchev–Trinajstić information content (AvgIpc) is 2.78. The molecule has 0 aliphatic rings. The smallest absolute Gasteiger partial charge is 0.326 e. The molecule has 0 saturated carbocycles. The number of hydrogen-bond acceptors (Lipinski definition) is 3. The molecule has 0 fully saturated rings. The van der Waals surface area contributed by atoms with Crippen LogP contribution >= 0.6 is 0 Å². The van der Waals surface area contributed by atoms with Crippen molar-refractivity contribution in [1.82, 2.24) is 5.32 Å². The first-order valence-corrected chi connectivity index (χ1v) is 6.21. The van der Waals surface area contributed by atoms with Crippen LogP contribution in [0.4, 0.5) is 0 Å². The van der Waals surface area contributed by atoms with Gasteiger partial charge in [-0.15, -0.1) is 0 Å². The molecule has 0 saturated heterocycles. The van der Waals surface area contributed by atoms with E-state index in [0.717, 1.165) is 5.76 Å². The van der Waals surface area contributed by atoms with Crippen LogP contribution in [0.5, 0.6) is 0 Å². The second-order valence-electron chi connectivity index (χ2n) is 4.49. The zero-order valence-electron chi connectivity index (χ0n) is 11.3. The van der Waals surface area contributed by atoms with Crippen LogP contribution < -0.4 is 5.32 Å². The first-order chi connectivity index (χ1) is 8.93. The van der Waals surface area contributed by atoms with E-state index in [9.17, 15) is 9.59 Å². The van der Waals surface area contributed by atoms with Crippen LogP contribution in [0.2, 0.25) is 0 Å². The lowest BCUT2D eigenvalue weighted by Crippen LogP contribution is -2.44. The molecule has 2 N–H and O–H groups in total. The van der Waals surface area contributed by atoms with Crippen molar-refractivity contribution in [2.24, 2.45) is 5.92 Å². The number of hydrogen-bond donors (Lipinski definition) is 2. The summed E-state index contributed by atoms with van der Waals surface area (Å²) in [6, 6.07) is 2.65. The number of furan rings is 1. The Labute approximate surface area is 112 Å². The number of aliphatic carboxylic acids is 1. The minimum atomic E-state index is -1.02. The predicted octanol–water partition coefficient (Wildman–Crippen LogP) is 2.22. The van der Waals surface area contributed by atoms with Crippen LogP contribution in [0.1, 0.15) is 31.8 Å². The van der Waals surface area contributed by atoms with Gasteiger partial charge in [0.15, 0.2) is 0 Å². The van der Waals surface area contributed by atoms with Crippen molar-refractivity contribution in [3.8, 4) is 0 Å². The van der Waals surface area contributed by atoms with E-state index < -0.39 is 17.9 Å². The summed E-state index contributed by atoms with van der Waals surface area (Å²) in [4.78, 5) is 22.7. The second-order valence-corrected chi connectivity index (χ2v) is 4.49. The summed E-state index contributed by atoms with van der Waals surface area (Å²) in [6.45, 7) is 5.48. The van der Waals surface area contributed by atoms with Gasteiger partial charge in [0, 0.05) is 6.08 Å². The molecule has 19 heavy (non-hydrogen) atoms. The van der Waals surface area contributed by atoms with Crippen LogP contribution in [0.15, 0.2) is 22.6 Å². The molecule has 0 unspecified atom stereocenters. The van der Waals surface area contributed by atoms with Gasteiger partial charge in [-0.2, -0.15) is 0 Å². The van der Waals surface area contributed by atoms with Gasteiger partial charge in [0.2, 0.25) is 5.91 Å². The lowest BCUT2D eigenvalue weighted by Gasteiger charge is -2.19. The molecular formula is C14H19NO4. The summed E-state index contributed by atoms with van der Waals surface area (Å²) in [7, 11) is 0. The standard InChI is InChI=1S/C14H19NO4/c1-4-9(2)13(14(17)18)15-12(16)8-7-11-6-5-10(3)19-11/h5-9,13H,4H2,1-3H3,(H,15,16)(H,17,18)/b8-7+/t9-,13-/m0/s1. The van der Waals surface area contributed by atoms with Crippen LogP contribution in [-0.4, -0.2) is 23.0 Å². The van der Waals surface area contributed by atoms with Crippen molar-refractivity contribution >= 4 is 18.0 Å². The van der Waals surface area contributed by atoms with Gasteiger partial charge in [0.05, 0.1) is 0 Å². The normalized spacial score (nSPS) is 14.3. The Balaban J connectivity index is 2.62. The molecule has 0 spiro atoms. The molecule has 5 nitrogen and oxygen atoms in total. The summed E-state index contributed by atoms with van der Waals surface area (Å²) >= 11 is 0. The molecule has 0 aliphatic carbocycles. The van der Waals surface area contributed by atoms with Gasteiger partial charge in [0.1, 0.15) is 17.6 Å². The van der Waals surface area contributed by atoms with Crippen molar-refractivity contribution in [3.63, 3.8) is 0 Å². The number of carbonyl (C=O) groups excluding carboxylic acids is 1. The highest BCUT2D eigenvalue weighted by molar-refractivity contribution is 5.94. The maximum atomic E-state index is 11.7. The fourth-order valence-electron chi connectivity index (χ4n) is 1.59. The molecule has 2 atom stereocenters. The zero-order chi connectivity index (χ0) is 14.4. The molecule has 1 amide bonds. The molecule has 0 aliphatic heterocycles. The summed E-state index contributed by atoms with van der Waals surface area (Å²) in [5.41, 5.74) is 0. The van der Waals surface area contributed by atoms with Gasteiger partial charge in [-0.3, -0.25) is 4.79 Å². The van der Waals surface area contributed by atoms with E-state index in [4.69, 9.17) is 9.52 Å². The highest BCUT2D eigenvalue weighted by Crippen LogP contribution is 2.09. The number of carboxylic acids is 1. The van der Waals surface area contributed by atoms with Crippen molar-refractivity contribution < 1.29 is 19.1 Å². The maximum Gasteiger partial charge on any atom is 0.326 e. The van der Waals surface area contributed by atoms with Crippen molar-refractivity contribution in [1.29, 1.82) is 0 Å². The first-order valence-electron chi connectivity index (χ1n) is 6.21. The van der Waals surface area contributed by atoms with E-state index in [2.05, 4.69) is 5.32 Å². The number of carboxylic acid groups (broad SMARTS) is 1. The van der Waals surface area contributed by atoms with Gasteiger partial charge in [-0.1, -0.05) is 20.3 Å². The Hall–Kier alpha value is -2.04. The fraction of sp³-hybridized carbons (Fsp3) is 0.429. The lowest BCUT2D eigenvalue weighted by atomic mass is 9.99. The molecule has 0 bridgehead atoms. The highest BCUT2D eigenvalue weighted by atomic mass is 16.4. The van der Waals surface area contributed by atoms with Crippen LogP contribution in [-0.2, 0) is 9.59 Å². The van der Waals surface area contributed by atoms with Gasteiger partial charge < -0.3 is 14.8 Å². The monoisotopic (exact) mass is 265 g/mol. The average molecular weight is 265 g/mol. The van der Waals surface area contributed by atoms with Gasteiger partial charge >= 0.3 is 5.97 Å². The fourth-order valence-corrected chi connectivity index (χ4v) is 1.59. The molecular weight excluding hydrogens is 246 g/mol. The number of carbonyl (C=O) groups is 2. The molecule has 1 aromatic rings. The minimum absolute atomic E-state index is 0.124. The second kappa shape index (κ2) is 6.78. The predicted molar refractivity (Wildman–Crippen MR) is 71.5 cm³/mol. The Morgan fingerprint density at radius 3 is 2.63 bits per heavy atom. The Morgan fingerprint density at radius 1 is 1.47 bits per heavy atom. The van der Waals surface area contributed by atoms with E-state index >= 15 is 0 Å². The molecule has 1 heterocycles. The quantitative estimate of drug-likeness (QED) is 0.773. The summed E-state index contributed by atoms with van der Waals surface area (Å²) < 4.78 is 5.27. The first kappa shape index (κ1) is 15.0. The van der Waals surface area contributed by atoms with Crippen molar-refractivity contribution in [3.05, 3.63) is 29.7 Å². The third-order valence-electron chi connectivity index (χ3n) is 2.94.